The van der Waals surface area contributed by atoms with Gasteiger partial charge in [-0.25, -0.2) is 0 Å². The van der Waals surface area contributed by atoms with E-state index in [2.05, 4.69) is 12.1 Å². The summed E-state index contributed by atoms with van der Waals surface area (Å²) in [7, 11) is 1.68. The van der Waals surface area contributed by atoms with Gasteiger partial charge in [0.05, 0.1) is 7.11 Å². The Morgan fingerprint density at radius 1 is 1.31 bits per heavy atom. The molecule has 0 aromatic heterocycles. The van der Waals surface area contributed by atoms with Crippen molar-refractivity contribution < 1.29 is 4.74 Å². The molecule has 0 heterocycles. The van der Waals surface area contributed by atoms with Gasteiger partial charge in [-0.15, -0.1) is 0 Å². The molecule has 0 spiro atoms. The fourth-order valence-corrected chi connectivity index (χ4v) is 1.73. The fourth-order valence-electron chi connectivity index (χ4n) is 0.995. The molecule has 0 bridgehead atoms. The number of benzene rings is 1. The Morgan fingerprint density at radius 2 is 2.00 bits per heavy atom. The minimum Gasteiger partial charge on any atom is -0.497 e. The maximum atomic E-state index is 5.40. The van der Waals surface area contributed by atoms with E-state index in [0.29, 0.717) is 0 Å². The Bertz CT molecular complexity index is 235. The van der Waals surface area contributed by atoms with E-state index in [9.17, 15) is 0 Å². The zero-order valence-corrected chi connectivity index (χ0v) is 8.64. The van der Waals surface area contributed by atoms with Crippen LogP contribution in [0.1, 0.15) is 5.56 Å². The van der Waals surface area contributed by atoms with Gasteiger partial charge in [0.25, 0.3) is 0 Å². The van der Waals surface area contributed by atoms with Crippen molar-refractivity contribution in [3.63, 3.8) is 0 Å². The fraction of sp³-hybridized carbons (Fsp3) is 0.400. The number of ether oxygens (including phenoxy) is 1. The lowest BCUT2D eigenvalue weighted by atomic mass is 10.2. The van der Waals surface area contributed by atoms with E-state index in [0.717, 1.165) is 23.8 Å². The zero-order chi connectivity index (χ0) is 9.52. The summed E-state index contributed by atoms with van der Waals surface area (Å²) in [6.07, 6.45) is 0. The molecule has 0 aliphatic rings. The summed E-state index contributed by atoms with van der Waals surface area (Å²) in [6, 6.07) is 8.14. The number of hydrogen-bond acceptors (Lipinski definition) is 3. The smallest absolute Gasteiger partial charge is 0.118 e. The van der Waals surface area contributed by atoms with Crippen LogP contribution in [0.3, 0.4) is 0 Å². The summed E-state index contributed by atoms with van der Waals surface area (Å²) in [5.74, 6) is 2.96. The SMILES string of the molecule is COc1ccc(CSCCN)cc1. The molecule has 0 fully saturated rings. The Hall–Kier alpha value is -0.670. The first kappa shape index (κ1) is 10.4. The lowest BCUT2D eigenvalue weighted by Gasteiger charge is -2.02. The highest BCUT2D eigenvalue weighted by Gasteiger charge is 1.93. The molecule has 0 saturated heterocycles. The van der Waals surface area contributed by atoms with E-state index < -0.39 is 0 Å². The lowest BCUT2D eigenvalue weighted by molar-refractivity contribution is 0.414. The van der Waals surface area contributed by atoms with Gasteiger partial charge in [0, 0.05) is 18.1 Å². The second-order valence-electron chi connectivity index (χ2n) is 2.69. The van der Waals surface area contributed by atoms with Gasteiger partial charge < -0.3 is 10.5 Å². The molecular weight excluding hydrogens is 182 g/mol. The van der Waals surface area contributed by atoms with Crippen LogP contribution in [-0.4, -0.2) is 19.4 Å². The summed E-state index contributed by atoms with van der Waals surface area (Å²) in [4.78, 5) is 0. The summed E-state index contributed by atoms with van der Waals surface area (Å²) in [5, 5.41) is 0. The van der Waals surface area contributed by atoms with Crippen LogP contribution in [0.15, 0.2) is 24.3 Å². The first-order chi connectivity index (χ1) is 6.36. The van der Waals surface area contributed by atoms with Crippen molar-refractivity contribution in [1.29, 1.82) is 0 Å². The van der Waals surface area contributed by atoms with Crippen molar-refractivity contribution in [1.82, 2.24) is 0 Å². The molecule has 0 unspecified atom stereocenters. The third kappa shape index (κ3) is 3.70. The highest BCUT2D eigenvalue weighted by atomic mass is 32.2. The van der Waals surface area contributed by atoms with Gasteiger partial charge in [-0.1, -0.05) is 12.1 Å². The van der Waals surface area contributed by atoms with Gasteiger partial charge in [0.15, 0.2) is 0 Å². The summed E-state index contributed by atoms with van der Waals surface area (Å²) in [6.45, 7) is 0.751. The van der Waals surface area contributed by atoms with Gasteiger partial charge in [-0.2, -0.15) is 11.8 Å². The Morgan fingerprint density at radius 3 is 2.54 bits per heavy atom. The van der Waals surface area contributed by atoms with Crippen LogP contribution in [0.4, 0.5) is 0 Å². The molecule has 0 atom stereocenters. The average molecular weight is 197 g/mol. The normalized spacial score (nSPS) is 10.0. The third-order valence-electron chi connectivity index (χ3n) is 1.69. The zero-order valence-electron chi connectivity index (χ0n) is 7.82. The van der Waals surface area contributed by atoms with Crippen molar-refractivity contribution >= 4 is 11.8 Å². The second-order valence-corrected chi connectivity index (χ2v) is 3.79. The molecule has 72 valence electrons. The molecule has 13 heavy (non-hydrogen) atoms. The molecule has 0 radical (unpaired) electrons. The van der Waals surface area contributed by atoms with Crippen LogP contribution in [0.25, 0.3) is 0 Å². The largest absolute Gasteiger partial charge is 0.497 e. The van der Waals surface area contributed by atoms with Crippen molar-refractivity contribution in [2.24, 2.45) is 5.73 Å². The topological polar surface area (TPSA) is 35.2 Å². The van der Waals surface area contributed by atoms with E-state index in [1.807, 2.05) is 23.9 Å². The molecule has 2 nitrogen and oxygen atoms in total. The predicted molar refractivity (Wildman–Crippen MR) is 58.2 cm³/mol. The minimum atomic E-state index is 0.751. The number of rotatable bonds is 5. The van der Waals surface area contributed by atoms with Crippen LogP contribution in [0, 0.1) is 0 Å². The van der Waals surface area contributed by atoms with Crippen molar-refractivity contribution in [2.45, 2.75) is 5.75 Å². The Labute approximate surface area is 83.5 Å². The number of methoxy groups -OCH3 is 1. The monoisotopic (exact) mass is 197 g/mol. The molecule has 0 saturated carbocycles. The highest BCUT2D eigenvalue weighted by molar-refractivity contribution is 7.98. The molecule has 1 aromatic carbocycles. The van der Waals surface area contributed by atoms with E-state index in [1.165, 1.54) is 5.56 Å². The quantitative estimate of drug-likeness (QED) is 0.732. The summed E-state index contributed by atoms with van der Waals surface area (Å²) in [5.41, 5.74) is 6.72. The van der Waals surface area contributed by atoms with Gasteiger partial charge in [-0.3, -0.25) is 0 Å². The number of thioether (sulfide) groups is 1. The molecule has 2 N–H and O–H groups in total. The van der Waals surface area contributed by atoms with Gasteiger partial charge >= 0.3 is 0 Å². The molecule has 1 aromatic rings. The molecule has 0 aliphatic carbocycles. The minimum absolute atomic E-state index is 0.751. The second kappa shape index (κ2) is 5.89. The third-order valence-corrected chi connectivity index (χ3v) is 2.75. The van der Waals surface area contributed by atoms with Gasteiger partial charge in [-0.05, 0) is 17.7 Å². The maximum absolute atomic E-state index is 5.40. The summed E-state index contributed by atoms with van der Waals surface area (Å²) >= 11 is 1.85. The predicted octanol–water partition coefficient (Wildman–Crippen LogP) is 1.89. The first-order valence-electron chi connectivity index (χ1n) is 4.27. The van der Waals surface area contributed by atoms with Crippen LogP contribution in [0.5, 0.6) is 5.75 Å². The Kier molecular flexibility index (Phi) is 4.72. The van der Waals surface area contributed by atoms with Crippen LogP contribution in [-0.2, 0) is 5.75 Å². The molecule has 0 aliphatic heterocycles. The van der Waals surface area contributed by atoms with Gasteiger partial charge in [0.1, 0.15) is 5.75 Å². The lowest BCUT2D eigenvalue weighted by Crippen LogP contribution is -2.01. The van der Waals surface area contributed by atoms with Gasteiger partial charge in [0.2, 0.25) is 0 Å². The molecular formula is C10H15NOS. The van der Waals surface area contributed by atoms with Crippen LogP contribution in [0.2, 0.25) is 0 Å². The number of nitrogens with two attached hydrogens (primary N) is 1. The average Bonchev–Trinajstić information content (AvgIpc) is 2.19. The first-order valence-corrected chi connectivity index (χ1v) is 5.43. The maximum Gasteiger partial charge on any atom is 0.118 e. The standard InChI is InChI=1S/C10H15NOS/c1-12-10-4-2-9(3-5-10)8-13-7-6-11/h2-5H,6-8,11H2,1H3. The van der Waals surface area contributed by atoms with Crippen molar-refractivity contribution in [3.8, 4) is 5.75 Å². The molecule has 1 rings (SSSR count). The molecule has 3 heteroatoms. The Balaban J connectivity index is 2.40. The molecule has 0 amide bonds. The highest BCUT2D eigenvalue weighted by Crippen LogP contribution is 2.15. The van der Waals surface area contributed by atoms with Crippen LogP contribution < -0.4 is 10.5 Å². The van der Waals surface area contributed by atoms with E-state index >= 15 is 0 Å². The van der Waals surface area contributed by atoms with Crippen molar-refractivity contribution in [3.05, 3.63) is 29.8 Å². The van der Waals surface area contributed by atoms with E-state index in [-0.39, 0.29) is 0 Å². The van der Waals surface area contributed by atoms with E-state index in [4.69, 9.17) is 10.5 Å². The number of hydrogen-bond donors (Lipinski definition) is 1. The summed E-state index contributed by atoms with van der Waals surface area (Å²) < 4.78 is 5.07. The van der Waals surface area contributed by atoms with E-state index in [1.54, 1.807) is 7.11 Å². The van der Waals surface area contributed by atoms with Crippen LogP contribution >= 0.6 is 11.8 Å². The van der Waals surface area contributed by atoms with Crippen molar-refractivity contribution in [2.75, 3.05) is 19.4 Å².